The largest absolute Gasteiger partial charge is 0.481 e. The van der Waals surface area contributed by atoms with Gasteiger partial charge in [0.1, 0.15) is 0 Å². The van der Waals surface area contributed by atoms with Crippen LogP contribution in [0.3, 0.4) is 0 Å². The van der Waals surface area contributed by atoms with Crippen LogP contribution in [0.2, 0.25) is 0 Å². The fraction of sp³-hybridized carbons (Fsp3) is 0.857. The van der Waals surface area contributed by atoms with Gasteiger partial charge in [-0.25, -0.2) is 0 Å². The Morgan fingerprint density at radius 3 is 2.33 bits per heavy atom. The number of amides is 1. The van der Waals surface area contributed by atoms with Gasteiger partial charge in [-0.15, -0.1) is 0 Å². The summed E-state index contributed by atoms with van der Waals surface area (Å²) >= 11 is 0. The molecule has 0 aromatic rings. The van der Waals surface area contributed by atoms with Crippen LogP contribution in [0.5, 0.6) is 0 Å². The lowest BCUT2D eigenvalue weighted by Crippen LogP contribution is -2.42. The van der Waals surface area contributed by atoms with E-state index >= 15 is 0 Å². The number of rotatable bonds is 3. The van der Waals surface area contributed by atoms with E-state index in [4.69, 9.17) is 5.11 Å². The fourth-order valence-electron chi connectivity index (χ4n) is 3.31. The summed E-state index contributed by atoms with van der Waals surface area (Å²) in [6.07, 6.45) is 6.39. The number of carboxylic acid groups (broad SMARTS) is 1. The molecule has 2 N–H and O–H groups in total. The molecule has 0 spiro atoms. The maximum atomic E-state index is 12.2. The van der Waals surface area contributed by atoms with E-state index in [9.17, 15) is 9.59 Å². The molecule has 0 aromatic heterocycles. The molecule has 2 aliphatic carbocycles. The zero-order valence-corrected chi connectivity index (χ0v) is 11.0. The predicted molar refractivity (Wildman–Crippen MR) is 68.0 cm³/mol. The highest BCUT2D eigenvalue weighted by Crippen LogP contribution is 2.31. The molecule has 2 saturated carbocycles. The lowest BCUT2D eigenvalue weighted by Gasteiger charge is -2.27. The van der Waals surface area contributed by atoms with Gasteiger partial charge in [-0.3, -0.25) is 9.59 Å². The standard InChI is InChI=1S/C14H23NO3/c1-9-4-2-7-12(9)15-13(16)10-5-3-6-11(8-10)14(17)18/h9-12H,2-8H2,1H3,(H,15,16)(H,17,18). The molecular weight excluding hydrogens is 230 g/mol. The molecule has 2 rings (SSSR count). The maximum absolute atomic E-state index is 12.2. The third-order valence-corrected chi connectivity index (χ3v) is 4.58. The number of carbonyl (C=O) groups excluding carboxylic acids is 1. The Morgan fingerprint density at radius 2 is 1.72 bits per heavy atom. The molecule has 0 heterocycles. The van der Waals surface area contributed by atoms with Crippen molar-refractivity contribution in [1.82, 2.24) is 5.32 Å². The molecule has 0 radical (unpaired) electrons. The summed E-state index contributed by atoms with van der Waals surface area (Å²) in [4.78, 5) is 23.2. The summed E-state index contributed by atoms with van der Waals surface area (Å²) in [6, 6.07) is 0.308. The minimum atomic E-state index is -0.748. The summed E-state index contributed by atoms with van der Waals surface area (Å²) in [5.41, 5.74) is 0. The van der Waals surface area contributed by atoms with Crippen molar-refractivity contribution in [2.75, 3.05) is 0 Å². The van der Waals surface area contributed by atoms with E-state index in [0.29, 0.717) is 18.4 Å². The predicted octanol–water partition coefficient (Wildman–Crippen LogP) is 2.18. The molecule has 0 saturated heterocycles. The van der Waals surface area contributed by atoms with Crippen LogP contribution in [0.25, 0.3) is 0 Å². The zero-order valence-electron chi connectivity index (χ0n) is 11.0. The second-order valence-electron chi connectivity index (χ2n) is 5.92. The first-order chi connectivity index (χ1) is 8.58. The van der Waals surface area contributed by atoms with Gasteiger partial charge in [-0.2, -0.15) is 0 Å². The van der Waals surface area contributed by atoms with Crippen LogP contribution in [0.4, 0.5) is 0 Å². The Balaban J connectivity index is 1.86. The van der Waals surface area contributed by atoms with Crippen LogP contribution in [0.15, 0.2) is 0 Å². The van der Waals surface area contributed by atoms with Crippen LogP contribution >= 0.6 is 0 Å². The third kappa shape index (κ3) is 3.03. The highest BCUT2D eigenvalue weighted by atomic mass is 16.4. The minimum absolute atomic E-state index is 0.0831. The average molecular weight is 253 g/mol. The molecule has 0 bridgehead atoms. The van der Waals surface area contributed by atoms with Gasteiger partial charge in [0, 0.05) is 12.0 Å². The zero-order chi connectivity index (χ0) is 13.1. The van der Waals surface area contributed by atoms with E-state index in [2.05, 4.69) is 12.2 Å². The third-order valence-electron chi connectivity index (χ3n) is 4.58. The van der Waals surface area contributed by atoms with Gasteiger partial charge in [-0.1, -0.05) is 19.8 Å². The summed E-state index contributed by atoms with van der Waals surface area (Å²) in [5, 5.41) is 12.2. The van der Waals surface area contributed by atoms with E-state index in [1.54, 1.807) is 0 Å². The normalized spacial score (nSPS) is 36.3. The number of aliphatic carboxylic acids is 1. The topological polar surface area (TPSA) is 66.4 Å². The average Bonchev–Trinajstić information content (AvgIpc) is 2.75. The molecule has 102 valence electrons. The molecule has 0 aromatic carbocycles. The Morgan fingerprint density at radius 1 is 1.06 bits per heavy atom. The van der Waals surface area contributed by atoms with Crippen molar-refractivity contribution in [3.05, 3.63) is 0 Å². The van der Waals surface area contributed by atoms with Crippen molar-refractivity contribution >= 4 is 11.9 Å². The van der Waals surface area contributed by atoms with Gasteiger partial charge < -0.3 is 10.4 Å². The van der Waals surface area contributed by atoms with Gasteiger partial charge in [0.05, 0.1) is 5.92 Å². The summed E-state index contributed by atoms with van der Waals surface area (Å²) in [7, 11) is 0. The molecule has 18 heavy (non-hydrogen) atoms. The second-order valence-corrected chi connectivity index (χ2v) is 5.92. The van der Waals surface area contributed by atoms with Crippen LogP contribution < -0.4 is 5.32 Å². The Bertz CT molecular complexity index is 329. The first kappa shape index (κ1) is 13.4. The minimum Gasteiger partial charge on any atom is -0.481 e. The monoisotopic (exact) mass is 253 g/mol. The van der Waals surface area contributed by atoms with Crippen LogP contribution in [0.1, 0.15) is 51.9 Å². The number of hydrogen-bond acceptors (Lipinski definition) is 2. The van der Waals surface area contributed by atoms with Crippen LogP contribution in [0, 0.1) is 17.8 Å². The lowest BCUT2D eigenvalue weighted by molar-refractivity contribution is -0.144. The van der Waals surface area contributed by atoms with E-state index in [0.717, 1.165) is 25.7 Å². The van der Waals surface area contributed by atoms with Gasteiger partial charge in [0.25, 0.3) is 0 Å². The van der Waals surface area contributed by atoms with E-state index < -0.39 is 5.97 Å². The van der Waals surface area contributed by atoms with Gasteiger partial charge in [0.2, 0.25) is 5.91 Å². The summed E-state index contributed by atoms with van der Waals surface area (Å²) in [6.45, 7) is 2.18. The first-order valence-electron chi connectivity index (χ1n) is 7.11. The molecule has 2 fully saturated rings. The van der Waals surface area contributed by atoms with Gasteiger partial charge in [0.15, 0.2) is 0 Å². The molecular formula is C14H23NO3. The lowest BCUT2D eigenvalue weighted by atomic mass is 9.81. The number of carboxylic acids is 1. The number of nitrogens with one attached hydrogen (secondary N) is 1. The highest BCUT2D eigenvalue weighted by Gasteiger charge is 2.33. The molecule has 4 atom stereocenters. The van der Waals surface area contributed by atoms with Crippen LogP contribution in [-0.2, 0) is 9.59 Å². The molecule has 4 nitrogen and oxygen atoms in total. The van der Waals surface area contributed by atoms with E-state index in [1.807, 2.05) is 0 Å². The first-order valence-corrected chi connectivity index (χ1v) is 7.11. The molecule has 4 heteroatoms. The summed E-state index contributed by atoms with van der Waals surface area (Å²) < 4.78 is 0. The Hall–Kier alpha value is -1.06. The number of carbonyl (C=O) groups is 2. The maximum Gasteiger partial charge on any atom is 0.306 e. The molecule has 0 aliphatic heterocycles. The molecule has 1 amide bonds. The SMILES string of the molecule is CC1CCCC1NC(=O)C1CCCC(C(=O)O)C1. The van der Waals surface area contributed by atoms with Crippen molar-refractivity contribution in [3.8, 4) is 0 Å². The van der Waals surface area contributed by atoms with Gasteiger partial charge in [-0.05, 0) is 38.0 Å². The van der Waals surface area contributed by atoms with Crippen molar-refractivity contribution < 1.29 is 14.7 Å². The summed E-state index contributed by atoms with van der Waals surface area (Å²) in [5.74, 6) is -0.516. The van der Waals surface area contributed by atoms with Crippen molar-refractivity contribution in [3.63, 3.8) is 0 Å². The quantitative estimate of drug-likeness (QED) is 0.810. The Labute approximate surface area is 108 Å². The Kier molecular flexibility index (Phi) is 4.25. The fourth-order valence-corrected chi connectivity index (χ4v) is 3.31. The second kappa shape index (κ2) is 5.72. The number of hydrogen-bond donors (Lipinski definition) is 2. The van der Waals surface area contributed by atoms with Crippen LogP contribution in [-0.4, -0.2) is 23.0 Å². The van der Waals surface area contributed by atoms with Crippen molar-refractivity contribution in [2.24, 2.45) is 17.8 Å². The van der Waals surface area contributed by atoms with Crippen molar-refractivity contribution in [1.29, 1.82) is 0 Å². The van der Waals surface area contributed by atoms with Crippen molar-refractivity contribution in [2.45, 2.75) is 57.9 Å². The van der Waals surface area contributed by atoms with Gasteiger partial charge >= 0.3 is 5.97 Å². The molecule has 4 unspecified atom stereocenters. The van der Waals surface area contributed by atoms with E-state index in [-0.39, 0.29) is 17.7 Å². The smallest absolute Gasteiger partial charge is 0.306 e. The molecule has 2 aliphatic rings. The highest BCUT2D eigenvalue weighted by molar-refractivity contribution is 5.80. The van der Waals surface area contributed by atoms with E-state index in [1.165, 1.54) is 12.8 Å².